The lowest BCUT2D eigenvalue weighted by atomic mass is 10.1. The van der Waals surface area contributed by atoms with E-state index in [-0.39, 0.29) is 11.9 Å². The summed E-state index contributed by atoms with van der Waals surface area (Å²) in [7, 11) is 0. The van der Waals surface area contributed by atoms with Crippen molar-refractivity contribution in [2.24, 2.45) is 0 Å². The minimum atomic E-state index is 0.152. The summed E-state index contributed by atoms with van der Waals surface area (Å²) >= 11 is 1.72. The highest BCUT2D eigenvalue weighted by Crippen LogP contribution is 2.34. The van der Waals surface area contributed by atoms with E-state index in [4.69, 9.17) is 4.52 Å². The van der Waals surface area contributed by atoms with Crippen LogP contribution in [0.25, 0.3) is 11.4 Å². The van der Waals surface area contributed by atoms with Gasteiger partial charge in [-0.15, -0.1) is 11.3 Å². The van der Waals surface area contributed by atoms with E-state index >= 15 is 0 Å². The summed E-state index contributed by atoms with van der Waals surface area (Å²) in [5.74, 6) is 1.18. The van der Waals surface area contributed by atoms with Crippen molar-refractivity contribution < 1.29 is 9.32 Å². The normalized spacial score (nSPS) is 17.1. The van der Waals surface area contributed by atoms with E-state index in [1.807, 2.05) is 23.1 Å². The summed E-state index contributed by atoms with van der Waals surface area (Å²) in [6.07, 6.45) is 6.32. The molecule has 3 aromatic heterocycles. The quantitative estimate of drug-likeness (QED) is 0.701. The van der Waals surface area contributed by atoms with E-state index in [0.29, 0.717) is 24.6 Å². The van der Waals surface area contributed by atoms with E-state index in [9.17, 15) is 4.79 Å². The first kappa shape index (κ1) is 16.0. The number of amides is 1. The Morgan fingerprint density at radius 1 is 1.32 bits per heavy atom. The van der Waals surface area contributed by atoms with Crippen LogP contribution >= 0.6 is 11.3 Å². The molecule has 0 radical (unpaired) electrons. The zero-order chi connectivity index (χ0) is 17.1. The van der Waals surface area contributed by atoms with E-state index < -0.39 is 0 Å². The number of aromatic nitrogens is 3. The Morgan fingerprint density at radius 3 is 3.00 bits per heavy atom. The molecular weight excluding hydrogens is 336 g/mol. The number of aryl methyl sites for hydroxylation is 1. The van der Waals surface area contributed by atoms with Gasteiger partial charge in [0.05, 0.1) is 6.04 Å². The molecule has 1 fully saturated rings. The van der Waals surface area contributed by atoms with Crippen LogP contribution in [-0.4, -0.2) is 32.5 Å². The van der Waals surface area contributed by atoms with Crippen molar-refractivity contribution in [2.75, 3.05) is 6.54 Å². The minimum Gasteiger partial charge on any atom is -0.339 e. The molecule has 0 bridgehead atoms. The SMILES string of the molecule is O=C(CCc1nc(-c2ccncc2)no1)N1CCC[C@H]1c1cccs1. The molecule has 0 aromatic carbocycles. The molecule has 25 heavy (non-hydrogen) atoms. The predicted molar refractivity (Wildman–Crippen MR) is 93.9 cm³/mol. The topological polar surface area (TPSA) is 72.1 Å². The number of thiophene rings is 1. The van der Waals surface area contributed by atoms with Crippen LogP contribution in [0, 0.1) is 0 Å². The van der Waals surface area contributed by atoms with E-state index in [2.05, 4.69) is 26.6 Å². The smallest absolute Gasteiger partial charge is 0.227 e. The van der Waals surface area contributed by atoms with Crippen LogP contribution in [-0.2, 0) is 11.2 Å². The van der Waals surface area contributed by atoms with Gasteiger partial charge in [-0.05, 0) is 36.4 Å². The van der Waals surface area contributed by atoms with Crippen molar-refractivity contribution in [3.05, 3.63) is 52.8 Å². The molecule has 4 heterocycles. The number of hydrogen-bond donors (Lipinski definition) is 0. The lowest BCUT2D eigenvalue weighted by molar-refractivity contribution is -0.132. The van der Waals surface area contributed by atoms with Crippen LogP contribution in [0.3, 0.4) is 0 Å². The van der Waals surface area contributed by atoms with Crippen LogP contribution in [0.1, 0.15) is 36.1 Å². The van der Waals surface area contributed by atoms with E-state index in [1.165, 1.54) is 4.88 Å². The van der Waals surface area contributed by atoms with Gasteiger partial charge in [0, 0.05) is 42.2 Å². The van der Waals surface area contributed by atoms with Gasteiger partial charge in [0.15, 0.2) is 0 Å². The molecule has 0 saturated carbocycles. The fraction of sp³-hybridized carbons (Fsp3) is 0.333. The molecule has 4 rings (SSSR count). The van der Waals surface area contributed by atoms with Gasteiger partial charge in [0.1, 0.15) is 0 Å². The van der Waals surface area contributed by atoms with Crippen molar-refractivity contribution in [3.63, 3.8) is 0 Å². The molecule has 7 heteroatoms. The standard InChI is InChI=1S/C18H18N4O2S/c23-17(22-11-1-3-14(22)15-4-2-12-25-15)6-5-16-20-18(21-24-16)13-7-9-19-10-8-13/h2,4,7-10,12,14H,1,3,5-6,11H2/t14-/m0/s1. The highest BCUT2D eigenvalue weighted by molar-refractivity contribution is 7.10. The van der Waals surface area contributed by atoms with Gasteiger partial charge in [0.2, 0.25) is 17.6 Å². The monoisotopic (exact) mass is 354 g/mol. The zero-order valence-corrected chi connectivity index (χ0v) is 14.5. The Bertz CT molecular complexity index is 832. The number of carbonyl (C=O) groups excluding carboxylic acids is 1. The molecule has 3 aromatic rings. The third-order valence-electron chi connectivity index (χ3n) is 4.40. The Kier molecular flexibility index (Phi) is 4.56. The van der Waals surface area contributed by atoms with Gasteiger partial charge >= 0.3 is 0 Å². The fourth-order valence-corrected chi connectivity index (χ4v) is 4.05. The van der Waals surface area contributed by atoms with Crippen molar-refractivity contribution in [3.8, 4) is 11.4 Å². The Hall–Kier alpha value is -2.54. The lowest BCUT2D eigenvalue weighted by Gasteiger charge is -2.23. The van der Waals surface area contributed by atoms with Crippen molar-refractivity contribution >= 4 is 17.2 Å². The zero-order valence-electron chi connectivity index (χ0n) is 13.7. The highest BCUT2D eigenvalue weighted by Gasteiger charge is 2.30. The van der Waals surface area contributed by atoms with E-state index in [0.717, 1.165) is 24.9 Å². The van der Waals surface area contributed by atoms with Gasteiger partial charge in [-0.25, -0.2) is 0 Å². The average molecular weight is 354 g/mol. The van der Waals surface area contributed by atoms with Crippen LogP contribution < -0.4 is 0 Å². The fourth-order valence-electron chi connectivity index (χ4n) is 3.17. The third kappa shape index (κ3) is 3.46. The Labute approximate surface area is 149 Å². The second kappa shape index (κ2) is 7.14. The van der Waals surface area contributed by atoms with Crippen LogP contribution in [0.4, 0.5) is 0 Å². The molecule has 1 aliphatic heterocycles. The first-order valence-corrected chi connectivity index (χ1v) is 9.25. The molecule has 0 N–H and O–H groups in total. The highest BCUT2D eigenvalue weighted by atomic mass is 32.1. The largest absolute Gasteiger partial charge is 0.339 e. The number of hydrogen-bond acceptors (Lipinski definition) is 6. The minimum absolute atomic E-state index is 0.152. The van der Waals surface area contributed by atoms with Crippen LogP contribution in [0.2, 0.25) is 0 Å². The maximum atomic E-state index is 12.6. The number of nitrogens with zero attached hydrogens (tertiary/aromatic N) is 4. The molecule has 0 unspecified atom stereocenters. The number of rotatable bonds is 5. The molecule has 6 nitrogen and oxygen atoms in total. The maximum Gasteiger partial charge on any atom is 0.227 e. The molecule has 0 aliphatic carbocycles. The van der Waals surface area contributed by atoms with Crippen molar-refractivity contribution in [1.29, 1.82) is 0 Å². The van der Waals surface area contributed by atoms with Crippen molar-refractivity contribution in [1.82, 2.24) is 20.0 Å². The number of pyridine rings is 1. The molecule has 0 spiro atoms. The number of carbonyl (C=O) groups is 1. The average Bonchev–Trinajstić information content (AvgIpc) is 3.41. The first-order chi connectivity index (χ1) is 12.3. The van der Waals surface area contributed by atoms with Gasteiger partial charge < -0.3 is 9.42 Å². The molecule has 128 valence electrons. The Balaban J connectivity index is 1.38. The third-order valence-corrected chi connectivity index (χ3v) is 5.38. The second-order valence-corrected chi connectivity index (χ2v) is 6.99. The van der Waals surface area contributed by atoms with Gasteiger partial charge in [-0.3, -0.25) is 9.78 Å². The summed E-state index contributed by atoms with van der Waals surface area (Å²) < 4.78 is 5.28. The molecule has 1 amide bonds. The van der Waals surface area contributed by atoms with Gasteiger partial charge in [-0.1, -0.05) is 11.2 Å². The van der Waals surface area contributed by atoms with Crippen LogP contribution in [0.5, 0.6) is 0 Å². The summed E-state index contributed by atoms with van der Waals surface area (Å²) in [6, 6.07) is 8.04. The first-order valence-electron chi connectivity index (χ1n) is 8.37. The maximum absolute atomic E-state index is 12.6. The molecule has 1 atom stereocenters. The van der Waals surface area contributed by atoms with Gasteiger partial charge in [-0.2, -0.15) is 4.98 Å². The number of likely N-dealkylation sites (tertiary alicyclic amines) is 1. The van der Waals surface area contributed by atoms with Crippen LogP contribution in [0.15, 0.2) is 46.6 Å². The summed E-state index contributed by atoms with van der Waals surface area (Å²) in [6.45, 7) is 0.827. The van der Waals surface area contributed by atoms with Crippen molar-refractivity contribution in [2.45, 2.75) is 31.7 Å². The summed E-state index contributed by atoms with van der Waals surface area (Å²) in [5, 5.41) is 6.05. The summed E-state index contributed by atoms with van der Waals surface area (Å²) in [5.41, 5.74) is 0.855. The van der Waals surface area contributed by atoms with E-state index in [1.54, 1.807) is 23.7 Å². The molecule has 1 saturated heterocycles. The summed E-state index contributed by atoms with van der Waals surface area (Å²) in [4.78, 5) is 24.2. The molecular formula is C18H18N4O2S. The second-order valence-electron chi connectivity index (χ2n) is 6.01. The lowest BCUT2D eigenvalue weighted by Crippen LogP contribution is -2.30. The predicted octanol–water partition coefficient (Wildman–Crippen LogP) is 3.49. The molecule has 1 aliphatic rings. The Morgan fingerprint density at radius 2 is 2.20 bits per heavy atom. The van der Waals surface area contributed by atoms with Gasteiger partial charge in [0.25, 0.3) is 0 Å².